The zero-order valence-electron chi connectivity index (χ0n) is 9.55. The van der Waals surface area contributed by atoms with Gasteiger partial charge in [0.2, 0.25) is 0 Å². The van der Waals surface area contributed by atoms with E-state index in [1.165, 1.54) is 5.56 Å². The highest BCUT2D eigenvalue weighted by Crippen LogP contribution is 2.15. The van der Waals surface area contributed by atoms with Crippen molar-refractivity contribution in [3.05, 3.63) is 42.0 Å². The second-order valence-corrected chi connectivity index (χ2v) is 3.75. The third kappa shape index (κ3) is 4.66. The molecule has 1 N–H and O–H groups in total. The van der Waals surface area contributed by atoms with E-state index in [1.54, 1.807) is 0 Å². The van der Waals surface area contributed by atoms with Crippen LogP contribution in [0.2, 0.25) is 0 Å². The Labute approximate surface area is 92.0 Å². The van der Waals surface area contributed by atoms with Crippen molar-refractivity contribution in [1.82, 2.24) is 5.32 Å². The van der Waals surface area contributed by atoms with E-state index >= 15 is 0 Å². The van der Waals surface area contributed by atoms with Gasteiger partial charge in [-0.3, -0.25) is 0 Å². The Kier molecular flexibility index (Phi) is 4.91. The van der Waals surface area contributed by atoms with Crippen LogP contribution in [0, 0.1) is 6.92 Å². The van der Waals surface area contributed by atoms with Crippen LogP contribution in [-0.2, 0) is 0 Å². The number of benzene rings is 1. The maximum atomic E-state index is 5.63. The molecule has 15 heavy (non-hydrogen) atoms. The maximum Gasteiger partial charge on any atom is 0.122 e. The second-order valence-electron chi connectivity index (χ2n) is 3.75. The van der Waals surface area contributed by atoms with Gasteiger partial charge in [-0.1, -0.05) is 30.4 Å². The fraction of sp³-hybridized carbons (Fsp3) is 0.385. The van der Waals surface area contributed by atoms with E-state index < -0.39 is 0 Å². The van der Waals surface area contributed by atoms with E-state index in [9.17, 15) is 0 Å². The molecule has 1 rings (SSSR count). The quantitative estimate of drug-likeness (QED) is 0.569. The largest absolute Gasteiger partial charge is 0.492 e. The summed E-state index contributed by atoms with van der Waals surface area (Å²) in [6.07, 6.45) is 0. The normalized spacial score (nSPS) is 10.0. The number of para-hydroxylation sites is 1. The fourth-order valence-electron chi connectivity index (χ4n) is 1.25. The molecule has 0 amide bonds. The molecule has 0 atom stereocenters. The molecule has 1 aromatic rings. The summed E-state index contributed by atoms with van der Waals surface area (Å²) in [5.74, 6) is 0.967. The lowest BCUT2D eigenvalue weighted by atomic mass is 10.2. The Hall–Kier alpha value is -1.28. The van der Waals surface area contributed by atoms with Crippen LogP contribution in [0.25, 0.3) is 0 Å². The van der Waals surface area contributed by atoms with Crippen LogP contribution in [0.5, 0.6) is 5.75 Å². The van der Waals surface area contributed by atoms with Crippen LogP contribution in [0.4, 0.5) is 0 Å². The Morgan fingerprint density at radius 2 is 2.13 bits per heavy atom. The van der Waals surface area contributed by atoms with E-state index in [4.69, 9.17) is 4.74 Å². The Balaban J connectivity index is 2.21. The lowest BCUT2D eigenvalue weighted by Crippen LogP contribution is -2.22. The minimum Gasteiger partial charge on any atom is -0.492 e. The molecule has 0 unspecified atom stereocenters. The van der Waals surface area contributed by atoms with Crippen molar-refractivity contribution in [1.29, 1.82) is 0 Å². The van der Waals surface area contributed by atoms with E-state index in [0.717, 1.165) is 24.4 Å². The molecular formula is C13H19NO. The molecule has 0 aliphatic heterocycles. The van der Waals surface area contributed by atoms with Crippen molar-refractivity contribution >= 4 is 0 Å². The van der Waals surface area contributed by atoms with Gasteiger partial charge in [0.1, 0.15) is 12.4 Å². The molecule has 0 spiro atoms. The summed E-state index contributed by atoms with van der Waals surface area (Å²) in [5, 5.41) is 3.25. The first-order valence-electron chi connectivity index (χ1n) is 5.23. The smallest absolute Gasteiger partial charge is 0.122 e. The topological polar surface area (TPSA) is 21.3 Å². The van der Waals surface area contributed by atoms with Crippen molar-refractivity contribution < 1.29 is 4.74 Å². The predicted octanol–water partition coefficient (Wildman–Crippen LogP) is 2.54. The SMILES string of the molecule is C=C(C)CNCCOc1ccccc1C. The van der Waals surface area contributed by atoms with Crippen LogP contribution in [0.15, 0.2) is 36.4 Å². The van der Waals surface area contributed by atoms with E-state index in [0.29, 0.717) is 6.61 Å². The van der Waals surface area contributed by atoms with Gasteiger partial charge < -0.3 is 10.1 Å². The van der Waals surface area contributed by atoms with E-state index in [-0.39, 0.29) is 0 Å². The zero-order valence-corrected chi connectivity index (χ0v) is 9.55. The highest BCUT2D eigenvalue weighted by molar-refractivity contribution is 5.31. The van der Waals surface area contributed by atoms with Gasteiger partial charge in [0.05, 0.1) is 0 Å². The van der Waals surface area contributed by atoms with Gasteiger partial charge >= 0.3 is 0 Å². The molecule has 0 heterocycles. The third-order valence-corrected chi connectivity index (χ3v) is 2.06. The summed E-state index contributed by atoms with van der Waals surface area (Å²) < 4.78 is 5.63. The first-order valence-corrected chi connectivity index (χ1v) is 5.23. The average molecular weight is 205 g/mol. The standard InChI is InChI=1S/C13H19NO/c1-11(2)10-14-8-9-15-13-7-5-4-6-12(13)3/h4-7,14H,1,8-10H2,2-3H3. The number of hydrogen-bond donors (Lipinski definition) is 1. The summed E-state index contributed by atoms with van der Waals surface area (Å²) in [7, 11) is 0. The van der Waals surface area contributed by atoms with Crippen LogP contribution in [0.3, 0.4) is 0 Å². The number of rotatable bonds is 6. The molecule has 0 aromatic heterocycles. The zero-order chi connectivity index (χ0) is 11.1. The van der Waals surface area contributed by atoms with Gasteiger partial charge in [-0.15, -0.1) is 0 Å². The van der Waals surface area contributed by atoms with Crippen LogP contribution < -0.4 is 10.1 Å². The third-order valence-electron chi connectivity index (χ3n) is 2.06. The molecule has 0 aliphatic carbocycles. The lowest BCUT2D eigenvalue weighted by molar-refractivity contribution is 0.314. The first-order chi connectivity index (χ1) is 7.20. The molecule has 0 fully saturated rings. The summed E-state index contributed by atoms with van der Waals surface area (Å²) in [4.78, 5) is 0. The molecule has 0 saturated carbocycles. The Morgan fingerprint density at radius 3 is 2.80 bits per heavy atom. The van der Waals surface area contributed by atoms with Gasteiger partial charge in [0.15, 0.2) is 0 Å². The predicted molar refractivity (Wildman–Crippen MR) is 64.4 cm³/mol. The second kappa shape index (κ2) is 6.25. The van der Waals surface area contributed by atoms with Crippen molar-refractivity contribution in [3.8, 4) is 5.75 Å². The average Bonchev–Trinajstić information content (AvgIpc) is 2.20. The van der Waals surface area contributed by atoms with Gasteiger partial charge in [0, 0.05) is 13.1 Å². The maximum absolute atomic E-state index is 5.63. The first kappa shape index (κ1) is 11.8. The molecule has 0 aliphatic rings. The van der Waals surface area contributed by atoms with Crippen molar-refractivity contribution in [2.24, 2.45) is 0 Å². The van der Waals surface area contributed by atoms with Gasteiger partial charge in [-0.05, 0) is 25.5 Å². The summed E-state index contributed by atoms with van der Waals surface area (Å²) in [6.45, 7) is 10.3. The lowest BCUT2D eigenvalue weighted by Gasteiger charge is -2.09. The summed E-state index contributed by atoms with van der Waals surface area (Å²) in [5.41, 5.74) is 2.32. The van der Waals surface area contributed by atoms with Crippen LogP contribution >= 0.6 is 0 Å². The van der Waals surface area contributed by atoms with Gasteiger partial charge in [-0.2, -0.15) is 0 Å². The Bertz CT molecular complexity index is 320. The highest BCUT2D eigenvalue weighted by Gasteiger charge is 1.96. The van der Waals surface area contributed by atoms with Crippen LogP contribution in [0.1, 0.15) is 12.5 Å². The molecule has 0 saturated heterocycles. The molecule has 0 bridgehead atoms. The molecule has 0 radical (unpaired) electrons. The van der Waals surface area contributed by atoms with Crippen molar-refractivity contribution in [2.75, 3.05) is 19.7 Å². The minimum atomic E-state index is 0.693. The number of nitrogens with one attached hydrogen (secondary N) is 1. The van der Waals surface area contributed by atoms with Crippen molar-refractivity contribution in [2.45, 2.75) is 13.8 Å². The van der Waals surface area contributed by atoms with Crippen molar-refractivity contribution in [3.63, 3.8) is 0 Å². The van der Waals surface area contributed by atoms with E-state index in [2.05, 4.69) is 24.9 Å². The van der Waals surface area contributed by atoms with E-state index in [1.807, 2.05) is 25.1 Å². The fourth-order valence-corrected chi connectivity index (χ4v) is 1.25. The molecule has 82 valence electrons. The number of hydrogen-bond acceptors (Lipinski definition) is 2. The number of aryl methyl sites for hydroxylation is 1. The molecule has 2 heteroatoms. The molecule has 2 nitrogen and oxygen atoms in total. The van der Waals surface area contributed by atoms with Crippen LogP contribution in [-0.4, -0.2) is 19.7 Å². The molecule has 1 aromatic carbocycles. The number of ether oxygens (including phenoxy) is 1. The highest BCUT2D eigenvalue weighted by atomic mass is 16.5. The van der Waals surface area contributed by atoms with Gasteiger partial charge in [-0.25, -0.2) is 0 Å². The van der Waals surface area contributed by atoms with Gasteiger partial charge in [0.25, 0.3) is 0 Å². The molecular weight excluding hydrogens is 186 g/mol. The summed E-state index contributed by atoms with van der Waals surface area (Å²) in [6, 6.07) is 8.05. The Morgan fingerprint density at radius 1 is 1.40 bits per heavy atom. The minimum absolute atomic E-state index is 0.693. The monoisotopic (exact) mass is 205 g/mol. The summed E-state index contributed by atoms with van der Waals surface area (Å²) >= 11 is 0.